The van der Waals surface area contributed by atoms with Crippen LogP contribution in [0.1, 0.15) is 15.9 Å². The SMILES string of the molecule is Cc1ccc2nc(-c3ccc(Br)c(NC(=O)c4cccc(Br)c4)c3)oc2c1. The number of carbonyl (C=O) groups excluding carboxylic acids is 1. The van der Waals surface area contributed by atoms with Gasteiger partial charge in [-0.1, -0.05) is 28.1 Å². The molecule has 4 nitrogen and oxygen atoms in total. The molecule has 0 spiro atoms. The van der Waals surface area contributed by atoms with E-state index in [1.165, 1.54) is 0 Å². The first-order chi connectivity index (χ1) is 13.0. The number of halogens is 2. The molecular formula is C21H14Br2N2O2. The second-order valence-electron chi connectivity index (χ2n) is 6.15. The van der Waals surface area contributed by atoms with Crippen LogP contribution in [0, 0.1) is 6.92 Å². The van der Waals surface area contributed by atoms with E-state index in [1.54, 1.807) is 12.1 Å². The average Bonchev–Trinajstić information content (AvgIpc) is 3.06. The van der Waals surface area contributed by atoms with Crippen LogP contribution < -0.4 is 5.32 Å². The zero-order chi connectivity index (χ0) is 19.0. The number of benzene rings is 3. The van der Waals surface area contributed by atoms with E-state index in [1.807, 2.05) is 55.5 Å². The molecule has 0 saturated carbocycles. The lowest BCUT2D eigenvalue weighted by atomic mass is 10.1. The number of anilines is 1. The molecule has 0 aliphatic heterocycles. The van der Waals surface area contributed by atoms with E-state index in [4.69, 9.17) is 4.42 Å². The maximum Gasteiger partial charge on any atom is 0.255 e. The zero-order valence-electron chi connectivity index (χ0n) is 14.3. The molecular weight excluding hydrogens is 472 g/mol. The fourth-order valence-electron chi connectivity index (χ4n) is 2.73. The minimum absolute atomic E-state index is 0.192. The second kappa shape index (κ2) is 7.29. The van der Waals surface area contributed by atoms with Crippen molar-refractivity contribution in [3.8, 4) is 11.5 Å². The van der Waals surface area contributed by atoms with Crippen molar-refractivity contribution in [1.82, 2.24) is 4.98 Å². The molecule has 0 aliphatic carbocycles. The van der Waals surface area contributed by atoms with Gasteiger partial charge in [0, 0.05) is 20.1 Å². The summed E-state index contributed by atoms with van der Waals surface area (Å²) in [6.07, 6.45) is 0. The third-order valence-corrected chi connectivity index (χ3v) is 5.28. The van der Waals surface area contributed by atoms with Gasteiger partial charge in [-0.3, -0.25) is 4.79 Å². The minimum Gasteiger partial charge on any atom is -0.436 e. The lowest BCUT2D eigenvalue weighted by molar-refractivity contribution is 0.102. The van der Waals surface area contributed by atoms with E-state index >= 15 is 0 Å². The monoisotopic (exact) mass is 484 g/mol. The van der Waals surface area contributed by atoms with E-state index in [9.17, 15) is 4.79 Å². The summed E-state index contributed by atoms with van der Waals surface area (Å²) >= 11 is 6.87. The molecule has 6 heteroatoms. The maximum atomic E-state index is 12.6. The highest BCUT2D eigenvalue weighted by molar-refractivity contribution is 9.10. The molecule has 4 rings (SSSR count). The van der Waals surface area contributed by atoms with Gasteiger partial charge in [0.2, 0.25) is 5.89 Å². The summed E-state index contributed by atoms with van der Waals surface area (Å²) in [5, 5.41) is 2.93. The number of nitrogens with zero attached hydrogens (tertiary/aromatic N) is 1. The summed E-state index contributed by atoms with van der Waals surface area (Å²) in [7, 11) is 0. The Kier molecular flexibility index (Phi) is 4.85. The van der Waals surface area contributed by atoms with E-state index < -0.39 is 0 Å². The highest BCUT2D eigenvalue weighted by atomic mass is 79.9. The Morgan fingerprint density at radius 2 is 1.89 bits per heavy atom. The summed E-state index contributed by atoms with van der Waals surface area (Å²) in [6, 6.07) is 18.7. The van der Waals surface area contributed by atoms with E-state index in [-0.39, 0.29) is 5.91 Å². The Morgan fingerprint density at radius 1 is 1.04 bits per heavy atom. The number of fused-ring (bicyclic) bond motifs is 1. The third kappa shape index (κ3) is 3.82. The van der Waals surface area contributed by atoms with Gasteiger partial charge in [-0.15, -0.1) is 0 Å². The highest BCUT2D eigenvalue weighted by Crippen LogP contribution is 2.31. The van der Waals surface area contributed by atoms with Gasteiger partial charge in [0.1, 0.15) is 5.52 Å². The molecule has 0 unspecified atom stereocenters. The molecule has 0 radical (unpaired) electrons. The lowest BCUT2D eigenvalue weighted by Gasteiger charge is -2.09. The van der Waals surface area contributed by atoms with Gasteiger partial charge in [-0.25, -0.2) is 4.98 Å². The van der Waals surface area contributed by atoms with Crippen molar-refractivity contribution in [3.05, 3.63) is 80.7 Å². The van der Waals surface area contributed by atoms with Gasteiger partial charge in [-0.2, -0.15) is 0 Å². The van der Waals surface area contributed by atoms with Crippen LogP contribution in [0.5, 0.6) is 0 Å². The Morgan fingerprint density at radius 3 is 2.70 bits per heavy atom. The standard InChI is InChI=1S/C21H14Br2N2O2/c1-12-5-8-17-19(9-12)27-21(25-17)14-6-7-16(23)18(11-14)24-20(26)13-3-2-4-15(22)10-13/h2-11H,1H3,(H,24,26). The summed E-state index contributed by atoms with van der Waals surface area (Å²) < 4.78 is 7.52. The van der Waals surface area contributed by atoms with Crippen LogP contribution in [0.15, 0.2) is 74.0 Å². The van der Waals surface area contributed by atoms with Gasteiger partial charge >= 0.3 is 0 Å². The van der Waals surface area contributed by atoms with E-state index in [2.05, 4.69) is 42.2 Å². The second-order valence-corrected chi connectivity index (χ2v) is 7.92. The molecule has 0 fully saturated rings. The van der Waals surface area contributed by atoms with Gasteiger partial charge in [0.15, 0.2) is 5.58 Å². The average molecular weight is 486 g/mol. The lowest BCUT2D eigenvalue weighted by Crippen LogP contribution is -2.12. The fraction of sp³-hybridized carbons (Fsp3) is 0.0476. The predicted octanol–water partition coefficient (Wildman–Crippen LogP) is 6.58. The summed E-state index contributed by atoms with van der Waals surface area (Å²) in [5.74, 6) is 0.323. The van der Waals surface area contributed by atoms with Crippen molar-refractivity contribution in [3.63, 3.8) is 0 Å². The van der Waals surface area contributed by atoms with Crippen molar-refractivity contribution < 1.29 is 9.21 Å². The molecule has 134 valence electrons. The number of hydrogen-bond donors (Lipinski definition) is 1. The summed E-state index contributed by atoms with van der Waals surface area (Å²) in [5.41, 5.74) is 4.67. The molecule has 27 heavy (non-hydrogen) atoms. The molecule has 3 aromatic carbocycles. The largest absolute Gasteiger partial charge is 0.436 e. The number of oxazole rings is 1. The Hall–Kier alpha value is -2.44. The molecule has 0 saturated heterocycles. The molecule has 1 amide bonds. The highest BCUT2D eigenvalue weighted by Gasteiger charge is 2.13. The van der Waals surface area contributed by atoms with E-state index in [0.29, 0.717) is 17.1 Å². The molecule has 1 heterocycles. The topological polar surface area (TPSA) is 55.1 Å². The molecule has 0 bridgehead atoms. The minimum atomic E-state index is -0.192. The molecule has 0 atom stereocenters. The van der Waals surface area contributed by atoms with Crippen molar-refractivity contribution in [1.29, 1.82) is 0 Å². The molecule has 4 aromatic rings. The van der Waals surface area contributed by atoms with Gasteiger partial charge in [-0.05, 0) is 76.9 Å². The third-order valence-electron chi connectivity index (χ3n) is 4.09. The first-order valence-electron chi connectivity index (χ1n) is 8.23. The first-order valence-corrected chi connectivity index (χ1v) is 9.82. The van der Waals surface area contributed by atoms with Gasteiger partial charge in [0.25, 0.3) is 5.91 Å². The normalized spacial score (nSPS) is 10.9. The maximum absolute atomic E-state index is 12.6. The zero-order valence-corrected chi connectivity index (χ0v) is 17.5. The predicted molar refractivity (Wildman–Crippen MR) is 114 cm³/mol. The fourth-order valence-corrected chi connectivity index (χ4v) is 3.48. The van der Waals surface area contributed by atoms with Crippen LogP contribution in [-0.2, 0) is 0 Å². The number of nitrogens with one attached hydrogen (secondary N) is 1. The molecule has 1 aromatic heterocycles. The van der Waals surface area contributed by atoms with Crippen LogP contribution in [0.25, 0.3) is 22.6 Å². The molecule has 1 N–H and O–H groups in total. The Labute approximate surface area is 172 Å². The van der Waals surface area contributed by atoms with Crippen LogP contribution in [0.3, 0.4) is 0 Å². The van der Waals surface area contributed by atoms with Crippen molar-refractivity contribution >= 4 is 54.6 Å². The summed E-state index contributed by atoms with van der Waals surface area (Å²) in [4.78, 5) is 17.1. The van der Waals surface area contributed by atoms with Crippen LogP contribution in [-0.4, -0.2) is 10.9 Å². The number of amides is 1. The molecule has 0 aliphatic rings. The number of carbonyl (C=O) groups is 1. The number of hydrogen-bond acceptors (Lipinski definition) is 3. The van der Waals surface area contributed by atoms with Gasteiger partial charge < -0.3 is 9.73 Å². The number of aromatic nitrogens is 1. The van der Waals surface area contributed by atoms with Crippen LogP contribution in [0.2, 0.25) is 0 Å². The smallest absolute Gasteiger partial charge is 0.255 e. The van der Waals surface area contributed by atoms with E-state index in [0.717, 1.165) is 31.2 Å². The van der Waals surface area contributed by atoms with Gasteiger partial charge in [0.05, 0.1) is 5.69 Å². The number of rotatable bonds is 3. The van der Waals surface area contributed by atoms with Crippen molar-refractivity contribution in [2.24, 2.45) is 0 Å². The Balaban J connectivity index is 1.67. The Bertz CT molecular complexity index is 1170. The van der Waals surface area contributed by atoms with Crippen molar-refractivity contribution in [2.45, 2.75) is 6.92 Å². The quantitative estimate of drug-likeness (QED) is 0.356. The van der Waals surface area contributed by atoms with Crippen molar-refractivity contribution in [2.75, 3.05) is 5.32 Å². The van der Waals surface area contributed by atoms with Crippen LogP contribution in [0.4, 0.5) is 5.69 Å². The summed E-state index contributed by atoms with van der Waals surface area (Å²) in [6.45, 7) is 2.01. The first kappa shape index (κ1) is 17.9. The number of aryl methyl sites for hydroxylation is 1. The van der Waals surface area contributed by atoms with Crippen LogP contribution >= 0.6 is 31.9 Å².